The molecule has 10 nitrogen and oxygen atoms in total. The van der Waals surface area contributed by atoms with Crippen molar-refractivity contribution >= 4 is 11.9 Å². The zero-order chi connectivity index (χ0) is 35.2. The van der Waals surface area contributed by atoms with Crippen LogP contribution in [0.2, 0.25) is 0 Å². The van der Waals surface area contributed by atoms with Gasteiger partial charge in [0, 0.05) is 11.0 Å². The molecular formula is C38H64N6O4. The van der Waals surface area contributed by atoms with E-state index in [-0.39, 0.29) is 51.2 Å². The molecule has 4 aliphatic carbocycles. The summed E-state index contributed by atoms with van der Waals surface area (Å²) in [4.78, 5) is 15.2. The fourth-order valence-electron chi connectivity index (χ4n) is 12.2. The summed E-state index contributed by atoms with van der Waals surface area (Å²) in [6.07, 6.45) is 7.85. The molecular weight excluding hydrogens is 604 g/mol. The third kappa shape index (κ3) is 4.80. The van der Waals surface area contributed by atoms with Gasteiger partial charge in [-0.3, -0.25) is 4.79 Å². The van der Waals surface area contributed by atoms with E-state index in [4.69, 9.17) is 15.2 Å². The second kappa shape index (κ2) is 11.8. The number of fused-ring (bicyclic) bond motifs is 3. The van der Waals surface area contributed by atoms with Crippen molar-refractivity contribution in [2.24, 2.45) is 62.6 Å². The van der Waals surface area contributed by atoms with Crippen LogP contribution >= 0.6 is 0 Å². The van der Waals surface area contributed by atoms with Gasteiger partial charge in [0.15, 0.2) is 0 Å². The molecule has 4 fully saturated rings. The van der Waals surface area contributed by atoms with Crippen molar-refractivity contribution in [3.8, 4) is 0 Å². The number of tetrazole rings is 1. The molecule has 6 rings (SSSR count). The Morgan fingerprint density at radius 3 is 2.44 bits per heavy atom. The second-order valence-electron chi connectivity index (χ2n) is 18.7. The molecule has 10 heteroatoms. The monoisotopic (exact) mass is 668 g/mol. The Morgan fingerprint density at radius 2 is 1.85 bits per heavy atom. The van der Waals surface area contributed by atoms with Gasteiger partial charge in [-0.05, 0) is 109 Å². The standard InChI is InChI=1S/C38H64N6O4/c1-22(2)24(5)34(7)16-17-35(8)25-12-13-28-33(6)18-27(44-42-32(39)41-43-44)30(48-20-37(10,40-11)23(3)4)38(28,21-47-19-33)26(25)14-15-36(35,9)29(34)31(45)46/h14,22-25,27-30,40H,12-13,15-21H2,1-11H3,(H2,39,42)(H,45,46)/t24-,25+,27-,28-,29-,30+,33-,34-,35-,36+,37-,38+/m1/s1. The molecule has 1 aromatic heterocycles. The predicted molar refractivity (Wildman–Crippen MR) is 187 cm³/mol. The van der Waals surface area contributed by atoms with Gasteiger partial charge in [-0.15, -0.1) is 5.10 Å². The molecule has 0 unspecified atom stereocenters. The average molecular weight is 669 g/mol. The first-order valence-corrected chi connectivity index (χ1v) is 18.7. The fraction of sp³-hybridized carbons (Fsp3) is 0.895. The van der Waals surface area contributed by atoms with Crippen molar-refractivity contribution in [2.45, 2.75) is 125 Å². The van der Waals surface area contributed by atoms with Crippen molar-refractivity contribution < 1.29 is 19.4 Å². The smallest absolute Gasteiger partial charge is 0.307 e. The van der Waals surface area contributed by atoms with Gasteiger partial charge in [-0.25, -0.2) is 0 Å². The van der Waals surface area contributed by atoms with E-state index in [1.165, 1.54) is 5.57 Å². The molecule has 0 aromatic carbocycles. The summed E-state index contributed by atoms with van der Waals surface area (Å²) in [5.41, 5.74) is 5.92. The van der Waals surface area contributed by atoms with Crippen LogP contribution in [0.1, 0.15) is 114 Å². The van der Waals surface area contributed by atoms with E-state index in [1.54, 1.807) is 4.80 Å². The lowest BCUT2D eigenvalue weighted by molar-refractivity contribution is -0.256. The van der Waals surface area contributed by atoms with Gasteiger partial charge in [0.1, 0.15) is 6.04 Å². The first-order valence-electron chi connectivity index (χ1n) is 18.7. The quantitative estimate of drug-likeness (QED) is 0.255. The lowest BCUT2D eigenvalue weighted by atomic mass is 9.34. The van der Waals surface area contributed by atoms with E-state index in [0.717, 1.165) is 38.5 Å². The maximum Gasteiger partial charge on any atom is 0.307 e. The molecule has 1 aliphatic heterocycles. The third-order valence-electron chi connectivity index (χ3n) is 16.2. The minimum absolute atomic E-state index is 0.107. The van der Waals surface area contributed by atoms with Crippen LogP contribution in [0.25, 0.3) is 0 Å². The van der Waals surface area contributed by atoms with E-state index in [0.29, 0.717) is 43.5 Å². The summed E-state index contributed by atoms with van der Waals surface area (Å²) in [7, 11) is 2.01. The molecule has 5 aliphatic rings. The zero-order valence-electron chi connectivity index (χ0n) is 31.6. The number of carboxylic acids is 1. The van der Waals surface area contributed by atoms with Crippen molar-refractivity contribution in [3.05, 3.63) is 11.6 Å². The highest BCUT2D eigenvalue weighted by Gasteiger charge is 2.73. The number of rotatable bonds is 9. The zero-order valence-corrected chi connectivity index (χ0v) is 31.6. The van der Waals surface area contributed by atoms with Crippen molar-refractivity contribution in [1.82, 2.24) is 25.5 Å². The number of likely N-dealkylation sites (N-methyl/N-ethyl adjacent to an activating group) is 1. The van der Waals surface area contributed by atoms with Crippen LogP contribution in [-0.2, 0) is 14.3 Å². The van der Waals surface area contributed by atoms with Crippen molar-refractivity contribution in [1.29, 1.82) is 0 Å². The number of allylic oxidation sites excluding steroid dienone is 1. The van der Waals surface area contributed by atoms with E-state index in [1.807, 2.05) is 7.05 Å². The Morgan fingerprint density at radius 1 is 1.15 bits per heavy atom. The van der Waals surface area contributed by atoms with Gasteiger partial charge >= 0.3 is 5.97 Å². The number of nitrogen functional groups attached to an aromatic ring is 1. The number of carbonyl (C=O) groups is 1. The number of ether oxygens (including phenoxy) is 2. The van der Waals surface area contributed by atoms with Crippen LogP contribution < -0.4 is 11.1 Å². The number of nitrogens with zero attached hydrogens (tertiary/aromatic N) is 4. The topological polar surface area (TPSA) is 137 Å². The molecule has 0 spiro atoms. The highest BCUT2D eigenvalue weighted by atomic mass is 16.5. The molecule has 3 saturated carbocycles. The van der Waals surface area contributed by atoms with Gasteiger partial charge < -0.3 is 25.6 Å². The average Bonchev–Trinajstić information content (AvgIpc) is 3.45. The largest absolute Gasteiger partial charge is 0.481 e. The molecule has 0 radical (unpaired) electrons. The highest BCUT2D eigenvalue weighted by Crippen LogP contribution is 2.75. The van der Waals surface area contributed by atoms with Crippen LogP contribution in [-0.4, -0.2) is 69.8 Å². The first kappa shape index (κ1) is 35.8. The number of nitrogens with two attached hydrogens (primary N) is 1. The Bertz CT molecular complexity index is 1430. The van der Waals surface area contributed by atoms with Gasteiger partial charge in [-0.2, -0.15) is 4.80 Å². The number of aliphatic carboxylic acids is 1. The summed E-state index contributed by atoms with van der Waals surface area (Å²) in [5, 5.41) is 27.8. The fourth-order valence-corrected chi connectivity index (χ4v) is 12.2. The summed E-state index contributed by atoms with van der Waals surface area (Å²) >= 11 is 0. The van der Waals surface area contributed by atoms with E-state index < -0.39 is 17.3 Å². The van der Waals surface area contributed by atoms with Crippen LogP contribution in [0.15, 0.2) is 11.6 Å². The number of nitrogens with one attached hydrogen (secondary N) is 1. The van der Waals surface area contributed by atoms with Crippen LogP contribution in [0.3, 0.4) is 0 Å². The molecule has 1 saturated heterocycles. The van der Waals surface area contributed by atoms with Crippen molar-refractivity contribution in [2.75, 3.05) is 32.6 Å². The van der Waals surface area contributed by atoms with Crippen LogP contribution in [0.4, 0.5) is 5.95 Å². The number of carboxylic acid groups (broad SMARTS) is 1. The lowest BCUT2D eigenvalue weighted by Crippen LogP contribution is -2.70. The Labute approximate surface area is 288 Å². The number of hydrogen-bond donors (Lipinski definition) is 3. The van der Waals surface area contributed by atoms with E-state index in [9.17, 15) is 9.90 Å². The SMILES string of the molecule is CN[C@](C)(CO[C@H]1[C@H](n2nnc(N)n2)C[C@]2(C)COC[C@@]13C1=CC[C@@]4(C)[C@H](C(=O)O)[C@@](C)([C@H](C)C(C)C)CC[C@]4(C)[C@H]1CC[C@H]23)C(C)C. The van der Waals surface area contributed by atoms with Gasteiger partial charge in [0.2, 0.25) is 0 Å². The molecule has 12 atom stereocenters. The first-order chi connectivity index (χ1) is 22.3. The maximum absolute atomic E-state index is 13.5. The maximum atomic E-state index is 13.5. The molecule has 270 valence electrons. The van der Waals surface area contributed by atoms with E-state index >= 15 is 0 Å². The van der Waals surface area contributed by atoms with Gasteiger partial charge in [0.05, 0.1) is 31.8 Å². The summed E-state index contributed by atoms with van der Waals surface area (Å²) < 4.78 is 14.0. The molecule has 48 heavy (non-hydrogen) atoms. The number of aromatic nitrogens is 4. The van der Waals surface area contributed by atoms with Crippen LogP contribution in [0.5, 0.6) is 0 Å². The molecule has 2 heterocycles. The van der Waals surface area contributed by atoms with E-state index in [2.05, 4.69) is 96.0 Å². The number of hydrogen-bond acceptors (Lipinski definition) is 8. The predicted octanol–water partition coefficient (Wildman–Crippen LogP) is 6.40. The Kier molecular flexibility index (Phi) is 8.76. The third-order valence-corrected chi connectivity index (χ3v) is 16.2. The minimum Gasteiger partial charge on any atom is -0.481 e. The Hall–Kier alpha value is -2.04. The minimum atomic E-state index is -0.635. The summed E-state index contributed by atoms with van der Waals surface area (Å²) in [5.74, 6) is 0.758. The molecule has 4 N–H and O–H groups in total. The normalized spacial score (nSPS) is 44.3. The second-order valence-corrected chi connectivity index (χ2v) is 18.7. The molecule has 0 amide bonds. The van der Waals surface area contributed by atoms with Crippen molar-refractivity contribution in [3.63, 3.8) is 0 Å². The lowest BCUT2D eigenvalue weighted by Gasteiger charge is -2.71. The summed E-state index contributed by atoms with van der Waals surface area (Å²) in [6.45, 7) is 24.7. The van der Waals surface area contributed by atoms with Gasteiger partial charge in [-0.1, -0.05) is 79.1 Å². The molecule has 1 aromatic rings. The summed E-state index contributed by atoms with van der Waals surface area (Å²) in [6, 6.07) is -0.165. The van der Waals surface area contributed by atoms with Gasteiger partial charge in [0.25, 0.3) is 5.95 Å². The Balaban J connectivity index is 1.51. The number of anilines is 1. The molecule has 2 bridgehead atoms. The highest BCUT2D eigenvalue weighted by molar-refractivity contribution is 5.73. The van der Waals surface area contributed by atoms with Crippen LogP contribution in [0, 0.1) is 62.6 Å².